The van der Waals surface area contributed by atoms with Crippen LogP contribution < -0.4 is 5.32 Å². The molecule has 1 N–H and O–H groups in total. The summed E-state index contributed by atoms with van der Waals surface area (Å²) in [5.74, 6) is -0.0941. The number of aryl methyl sites for hydroxylation is 1. The number of hydrogen-bond donors (Lipinski definition) is 1. The molecule has 0 radical (unpaired) electrons. The van der Waals surface area contributed by atoms with Crippen LogP contribution in [-0.4, -0.2) is 10.5 Å². The molecule has 1 heterocycles. The third-order valence-corrected chi connectivity index (χ3v) is 3.43. The van der Waals surface area contributed by atoms with Crippen LogP contribution in [0.3, 0.4) is 0 Å². The monoisotopic (exact) mass is 276 g/mol. The van der Waals surface area contributed by atoms with E-state index in [0.717, 1.165) is 16.9 Å². The second-order valence-electron chi connectivity index (χ2n) is 4.91. The van der Waals surface area contributed by atoms with Crippen molar-refractivity contribution in [2.45, 2.75) is 6.92 Å². The Labute approximate surface area is 123 Å². The number of nitrogens with one attached hydrogen (secondary N) is 1. The Kier molecular flexibility index (Phi) is 3.56. The first-order valence-electron chi connectivity index (χ1n) is 6.84. The van der Waals surface area contributed by atoms with E-state index in [-0.39, 0.29) is 5.91 Å². The number of anilines is 1. The number of benzene rings is 2. The van der Waals surface area contributed by atoms with Gasteiger partial charge >= 0.3 is 0 Å². The lowest BCUT2D eigenvalue weighted by Crippen LogP contribution is -2.12. The zero-order valence-electron chi connectivity index (χ0n) is 11.8. The lowest BCUT2D eigenvalue weighted by molar-refractivity contribution is 0.102. The normalized spacial score (nSPS) is 10.3. The zero-order chi connectivity index (χ0) is 14.7. The van der Waals surface area contributed by atoms with Crippen molar-refractivity contribution in [1.29, 1.82) is 0 Å². The van der Waals surface area contributed by atoms with Gasteiger partial charge in [0.2, 0.25) is 0 Å². The summed E-state index contributed by atoms with van der Waals surface area (Å²) in [7, 11) is 0. The molecule has 0 aliphatic carbocycles. The standard InChI is InChI=1S/C18H16N2O/c1-14-6-2-3-7-17(14)19-18(21)15-8-10-16(11-9-15)20-12-4-5-13-20/h2-13H,1H3,(H,19,21). The van der Waals surface area contributed by atoms with Gasteiger partial charge in [-0.25, -0.2) is 0 Å². The van der Waals surface area contributed by atoms with Crippen LogP contribution in [-0.2, 0) is 0 Å². The minimum Gasteiger partial charge on any atom is -0.324 e. The van der Waals surface area contributed by atoms with E-state index in [1.807, 2.05) is 84.5 Å². The van der Waals surface area contributed by atoms with Crippen LogP contribution in [0.15, 0.2) is 73.1 Å². The molecule has 1 amide bonds. The summed E-state index contributed by atoms with van der Waals surface area (Å²) >= 11 is 0. The van der Waals surface area contributed by atoms with Gasteiger partial charge in [-0.1, -0.05) is 18.2 Å². The summed E-state index contributed by atoms with van der Waals surface area (Å²) in [6.45, 7) is 1.98. The number of carbonyl (C=O) groups is 1. The molecule has 2 aromatic carbocycles. The third kappa shape index (κ3) is 2.87. The van der Waals surface area contributed by atoms with Crippen LogP contribution in [0, 0.1) is 6.92 Å². The fraction of sp³-hybridized carbons (Fsp3) is 0.0556. The van der Waals surface area contributed by atoms with Crippen molar-refractivity contribution in [3.8, 4) is 5.69 Å². The lowest BCUT2D eigenvalue weighted by Gasteiger charge is -2.09. The molecule has 0 atom stereocenters. The maximum atomic E-state index is 12.2. The quantitative estimate of drug-likeness (QED) is 0.769. The molecule has 3 heteroatoms. The average molecular weight is 276 g/mol. The molecular formula is C18H16N2O. The smallest absolute Gasteiger partial charge is 0.255 e. The highest BCUT2D eigenvalue weighted by Gasteiger charge is 2.07. The van der Waals surface area contributed by atoms with Crippen molar-refractivity contribution in [1.82, 2.24) is 4.57 Å². The first kappa shape index (κ1) is 13.2. The first-order valence-corrected chi connectivity index (χ1v) is 6.84. The van der Waals surface area contributed by atoms with Crippen molar-refractivity contribution in [3.05, 3.63) is 84.2 Å². The van der Waals surface area contributed by atoms with E-state index in [1.165, 1.54) is 0 Å². The van der Waals surface area contributed by atoms with Crippen molar-refractivity contribution in [2.75, 3.05) is 5.32 Å². The van der Waals surface area contributed by atoms with Crippen molar-refractivity contribution < 1.29 is 4.79 Å². The van der Waals surface area contributed by atoms with Gasteiger partial charge in [-0.2, -0.15) is 0 Å². The van der Waals surface area contributed by atoms with Gasteiger partial charge in [0.15, 0.2) is 0 Å². The first-order chi connectivity index (χ1) is 10.2. The largest absolute Gasteiger partial charge is 0.324 e. The molecule has 0 spiro atoms. The van der Waals surface area contributed by atoms with Crippen molar-refractivity contribution >= 4 is 11.6 Å². The minimum atomic E-state index is -0.0941. The van der Waals surface area contributed by atoms with Crippen LogP contribution in [0.5, 0.6) is 0 Å². The van der Waals surface area contributed by atoms with Crippen LogP contribution in [0.1, 0.15) is 15.9 Å². The van der Waals surface area contributed by atoms with E-state index >= 15 is 0 Å². The highest BCUT2D eigenvalue weighted by Crippen LogP contribution is 2.16. The fourth-order valence-electron chi connectivity index (χ4n) is 2.20. The van der Waals surface area contributed by atoms with Gasteiger partial charge < -0.3 is 9.88 Å². The Morgan fingerprint density at radius 2 is 1.57 bits per heavy atom. The number of amides is 1. The second kappa shape index (κ2) is 5.67. The van der Waals surface area contributed by atoms with Gasteiger partial charge in [0.05, 0.1) is 0 Å². The van der Waals surface area contributed by atoms with Crippen LogP contribution in [0.4, 0.5) is 5.69 Å². The molecule has 3 aromatic rings. The van der Waals surface area contributed by atoms with E-state index in [4.69, 9.17) is 0 Å². The second-order valence-corrected chi connectivity index (χ2v) is 4.91. The number of rotatable bonds is 3. The number of hydrogen-bond acceptors (Lipinski definition) is 1. The molecular weight excluding hydrogens is 260 g/mol. The van der Waals surface area contributed by atoms with Gasteiger partial charge in [0.1, 0.15) is 0 Å². The molecule has 21 heavy (non-hydrogen) atoms. The summed E-state index contributed by atoms with van der Waals surface area (Å²) in [6, 6.07) is 19.2. The van der Waals surface area contributed by atoms with Crippen molar-refractivity contribution in [2.24, 2.45) is 0 Å². The maximum absolute atomic E-state index is 12.2. The molecule has 104 valence electrons. The number of nitrogens with zero attached hydrogens (tertiary/aromatic N) is 1. The molecule has 0 aliphatic rings. The van der Waals surface area contributed by atoms with E-state index < -0.39 is 0 Å². The average Bonchev–Trinajstić information content (AvgIpc) is 3.04. The van der Waals surface area contributed by atoms with E-state index in [1.54, 1.807) is 0 Å². The molecule has 0 aliphatic heterocycles. The number of para-hydroxylation sites is 1. The minimum absolute atomic E-state index is 0.0941. The lowest BCUT2D eigenvalue weighted by atomic mass is 10.1. The van der Waals surface area contributed by atoms with E-state index in [9.17, 15) is 4.79 Å². The van der Waals surface area contributed by atoms with Crippen LogP contribution in [0.2, 0.25) is 0 Å². The Morgan fingerprint density at radius 1 is 0.905 bits per heavy atom. The Balaban J connectivity index is 1.78. The third-order valence-electron chi connectivity index (χ3n) is 3.43. The summed E-state index contributed by atoms with van der Waals surface area (Å²) in [4.78, 5) is 12.2. The van der Waals surface area contributed by atoms with Crippen LogP contribution in [0.25, 0.3) is 5.69 Å². The van der Waals surface area contributed by atoms with Crippen LogP contribution >= 0.6 is 0 Å². The molecule has 0 unspecified atom stereocenters. The summed E-state index contributed by atoms with van der Waals surface area (Å²) in [5.41, 5.74) is 3.58. The van der Waals surface area contributed by atoms with Gasteiger partial charge in [-0.3, -0.25) is 4.79 Å². The molecule has 0 fully saturated rings. The SMILES string of the molecule is Cc1ccccc1NC(=O)c1ccc(-n2cccc2)cc1. The van der Waals surface area contributed by atoms with E-state index in [0.29, 0.717) is 5.56 Å². The van der Waals surface area contributed by atoms with Gasteiger partial charge in [0.25, 0.3) is 5.91 Å². The summed E-state index contributed by atoms with van der Waals surface area (Å²) in [6.07, 6.45) is 3.95. The molecule has 3 rings (SSSR count). The van der Waals surface area contributed by atoms with Gasteiger partial charge in [-0.15, -0.1) is 0 Å². The Hall–Kier alpha value is -2.81. The molecule has 0 bridgehead atoms. The van der Waals surface area contributed by atoms with E-state index in [2.05, 4.69) is 5.32 Å². The highest BCUT2D eigenvalue weighted by atomic mass is 16.1. The Bertz CT molecular complexity index is 743. The predicted molar refractivity (Wildman–Crippen MR) is 84.9 cm³/mol. The molecule has 1 aromatic heterocycles. The van der Waals surface area contributed by atoms with Crippen molar-refractivity contribution in [3.63, 3.8) is 0 Å². The topological polar surface area (TPSA) is 34.0 Å². The van der Waals surface area contributed by atoms with Gasteiger partial charge in [-0.05, 0) is 55.0 Å². The predicted octanol–water partition coefficient (Wildman–Crippen LogP) is 4.04. The number of carbonyl (C=O) groups excluding carboxylic acids is 1. The Morgan fingerprint density at radius 3 is 2.24 bits per heavy atom. The maximum Gasteiger partial charge on any atom is 0.255 e. The molecule has 0 saturated heterocycles. The number of aromatic nitrogens is 1. The fourth-order valence-corrected chi connectivity index (χ4v) is 2.20. The summed E-state index contributed by atoms with van der Waals surface area (Å²) < 4.78 is 2.00. The van der Waals surface area contributed by atoms with Gasteiger partial charge in [0, 0.05) is 29.3 Å². The zero-order valence-corrected chi connectivity index (χ0v) is 11.8. The molecule has 3 nitrogen and oxygen atoms in total. The molecule has 0 saturated carbocycles. The summed E-state index contributed by atoms with van der Waals surface area (Å²) in [5, 5.41) is 2.93. The highest BCUT2D eigenvalue weighted by molar-refractivity contribution is 6.04.